The molecule has 2 fully saturated rings. The molecule has 2 heterocycles. The van der Waals surface area contributed by atoms with Crippen LogP contribution < -0.4 is 4.74 Å². The first kappa shape index (κ1) is 18.9. The number of rotatable bonds is 5. The van der Waals surface area contributed by atoms with E-state index in [0.29, 0.717) is 24.5 Å². The highest BCUT2D eigenvalue weighted by Gasteiger charge is 2.51. The van der Waals surface area contributed by atoms with Gasteiger partial charge in [0.1, 0.15) is 11.8 Å². The Morgan fingerprint density at radius 1 is 1.14 bits per heavy atom. The Labute approximate surface area is 163 Å². The predicted molar refractivity (Wildman–Crippen MR) is 100 cm³/mol. The van der Waals surface area contributed by atoms with Crippen LogP contribution in [0.25, 0.3) is 0 Å². The van der Waals surface area contributed by atoms with Crippen molar-refractivity contribution in [2.45, 2.75) is 44.9 Å². The van der Waals surface area contributed by atoms with E-state index in [1.165, 1.54) is 6.07 Å². The first-order valence-corrected chi connectivity index (χ1v) is 9.55. The van der Waals surface area contributed by atoms with Gasteiger partial charge in [0, 0.05) is 13.2 Å². The first-order chi connectivity index (χ1) is 13.4. The molecule has 2 saturated heterocycles. The highest BCUT2D eigenvalue weighted by molar-refractivity contribution is 5.89. The number of ether oxygens (including phenoxy) is 2. The summed E-state index contributed by atoms with van der Waals surface area (Å²) < 4.78 is 39.0. The van der Waals surface area contributed by atoms with Crippen LogP contribution in [0.1, 0.15) is 35.6 Å². The van der Waals surface area contributed by atoms with Crippen molar-refractivity contribution in [2.24, 2.45) is 0 Å². The van der Waals surface area contributed by atoms with Crippen LogP contribution in [0.4, 0.5) is 8.78 Å². The summed E-state index contributed by atoms with van der Waals surface area (Å²) >= 11 is 0. The van der Waals surface area contributed by atoms with Crippen molar-refractivity contribution in [3.63, 3.8) is 0 Å². The standard InChI is InChI=1S/C22H23F2NO3/c1-13-5-6-14(2)19(10-13)28-21-20(15-7-8-17(23)18(24)11-15)25(22(21)26)12-16-4-3-9-27-16/h5-8,10-11,16,20-21H,3-4,9,12H2,1-2H3/t16-,20-,21+/m1/s1. The molecular weight excluding hydrogens is 364 g/mol. The summed E-state index contributed by atoms with van der Waals surface area (Å²) in [5.74, 6) is -1.37. The molecule has 0 aromatic heterocycles. The molecule has 1 amide bonds. The average Bonchev–Trinajstić information content (AvgIpc) is 3.19. The fourth-order valence-corrected chi connectivity index (χ4v) is 3.87. The number of halogens is 2. The second-order valence-corrected chi connectivity index (χ2v) is 7.55. The number of carbonyl (C=O) groups is 1. The molecule has 4 rings (SSSR count). The molecule has 6 heteroatoms. The van der Waals surface area contributed by atoms with Crippen LogP contribution >= 0.6 is 0 Å². The third-order valence-electron chi connectivity index (χ3n) is 5.46. The predicted octanol–water partition coefficient (Wildman–Crippen LogP) is 4.09. The maximum absolute atomic E-state index is 13.9. The van der Waals surface area contributed by atoms with E-state index in [9.17, 15) is 13.6 Å². The second-order valence-electron chi connectivity index (χ2n) is 7.55. The lowest BCUT2D eigenvalue weighted by atomic mass is 9.89. The Morgan fingerprint density at radius 3 is 2.68 bits per heavy atom. The molecule has 2 aliphatic rings. The van der Waals surface area contributed by atoms with Crippen LogP contribution in [0.2, 0.25) is 0 Å². The molecular formula is C22H23F2NO3. The Hall–Kier alpha value is -2.47. The highest BCUT2D eigenvalue weighted by Crippen LogP contribution is 2.39. The van der Waals surface area contributed by atoms with E-state index in [-0.39, 0.29) is 12.0 Å². The van der Waals surface area contributed by atoms with Gasteiger partial charge in [-0.3, -0.25) is 4.79 Å². The monoisotopic (exact) mass is 387 g/mol. The van der Waals surface area contributed by atoms with Crippen molar-refractivity contribution in [3.05, 3.63) is 64.7 Å². The molecule has 2 aromatic rings. The molecule has 0 spiro atoms. The Morgan fingerprint density at radius 2 is 1.96 bits per heavy atom. The summed E-state index contributed by atoms with van der Waals surface area (Å²) in [6.45, 7) is 4.97. The van der Waals surface area contributed by atoms with E-state index in [2.05, 4.69) is 0 Å². The summed E-state index contributed by atoms with van der Waals surface area (Å²) in [5.41, 5.74) is 2.46. The third-order valence-corrected chi connectivity index (χ3v) is 5.46. The lowest BCUT2D eigenvalue weighted by molar-refractivity contribution is -0.167. The van der Waals surface area contributed by atoms with Gasteiger partial charge in [-0.25, -0.2) is 8.78 Å². The van der Waals surface area contributed by atoms with E-state index >= 15 is 0 Å². The van der Waals surface area contributed by atoms with Gasteiger partial charge in [-0.1, -0.05) is 18.2 Å². The number of benzene rings is 2. The van der Waals surface area contributed by atoms with Gasteiger partial charge in [0.15, 0.2) is 11.6 Å². The number of carbonyl (C=O) groups excluding carboxylic acids is 1. The fourth-order valence-electron chi connectivity index (χ4n) is 3.87. The minimum absolute atomic E-state index is 0.0293. The molecule has 2 aromatic carbocycles. The SMILES string of the molecule is Cc1ccc(C)c(O[C@@H]2C(=O)N(C[C@H]3CCCO3)[C@@H]2c2ccc(F)c(F)c2)c1. The molecule has 3 atom stereocenters. The van der Waals surface area contributed by atoms with Crippen LogP contribution in [0.5, 0.6) is 5.75 Å². The van der Waals surface area contributed by atoms with Crippen molar-refractivity contribution in [1.29, 1.82) is 0 Å². The maximum Gasteiger partial charge on any atom is 0.266 e. The van der Waals surface area contributed by atoms with Gasteiger partial charge in [0.05, 0.1) is 6.10 Å². The minimum Gasteiger partial charge on any atom is -0.478 e. The molecule has 4 nitrogen and oxygen atoms in total. The number of hydrogen-bond donors (Lipinski definition) is 0. The summed E-state index contributed by atoms with van der Waals surface area (Å²) in [5, 5.41) is 0. The summed E-state index contributed by atoms with van der Waals surface area (Å²) in [6, 6.07) is 9.06. The van der Waals surface area contributed by atoms with Crippen molar-refractivity contribution in [3.8, 4) is 5.75 Å². The zero-order chi connectivity index (χ0) is 19.8. The van der Waals surface area contributed by atoms with E-state index in [1.54, 1.807) is 4.90 Å². The van der Waals surface area contributed by atoms with Crippen LogP contribution in [0, 0.1) is 25.5 Å². The van der Waals surface area contributed by atoms with Crippen LogP contribution in [-0.2, 0) is 9.53 Å². The molecule has 0 bridgehead atoms. The zero-order valence-corrected chi connectivity index (χ0v) is 16.0. The fraction of sp³-hybridized carbons (Fsp3) is 0.409. The van der Waals surface area contributed by atoms with Crippen molar-refractivity contribution >= 4 is 5.91 Å². The van der Waals surface area contributed by atoms with E-state index in [4.69, 9.17) is 9.47 Å². The lowest BCUT2D eigenvalue weighted by Crippen LogP contribution is -2.62. The smallest absolute Gasteiger partial charge is 0.266 e. The van der Waals surface area contributed by atoms with Crippen molar-refractivity contribution in [1.82, 2.24) is 4.90 Å². The van der Waals surface area contributed by atoms with Gasteiger partial charge in [0.25, 0.3) is 5.91 Å². The molecule has 0 saturated carbocycles. The van der Waals surface area contributed by atoms with E-state index in [0.717, 1.165) is 36.1 Å². The average molecular weight is 387 g/mol. The summed E-state index contributed by atoms with van der Waals surface area (Å²) in [6.07, 6.45) is 1.05. The van der Waals surface area contributed by atoms with Gasteiger partial charge in [-0.2, -0.15) is 0 Å². The number of aryl methyl sites for hydroxylation is 2. The molecule has 0 N–H and O–H groups in total. The minimum atomic E-state index is -0.931. The number of β-lactam (4-membered cyclic amide) rings is 1. The van der Waals surface area contributed by atoms with E-state index < -0.39 is 23.8 Å². The van der Waals surface area contributed by atoms with Gasteiger partial charge in [-0.15, -0.1) is 0 Å². The largest absolute Gasteiger partial charge is 0.478 e. The van der Waals surface area contributed by atoms with Gasteiger partial charge in [0.2, 0.25) is 6.10 Å². The molecule has 28 heavy (non-hydrogen) atoms. The Balaban J connectivity index is 1.62. The summed E-state index contributed by atoms with van der Waals surface area (Å²) in [7, 11) is 0. The van der Waals surface area contributed by atoms with Crippen LogP contribution in [-0.4, -0.2) is 36.2 Å². The number of likely N-dealkylation sites (tertiary alicyclic amines) is 1. The van der Waals surface area contributed by atoms with Crippen molar-refractivity contribution < 1.29 is 23.0 Å². The maximum atomic E-state index is 13.9. The van der Waals surface area contributed by atoms with Gasteiger partial charge < -0.3 is 14.4 Å². The molecule has 0 aliphatic carbocycles. The first-order valence-electron chi connectivity index (χ1n) is 9.55. The van der Waals surface area contributed by atoms with Crippen molar-refractivity contribution in [2.75, 3.05) is 13.2 Å². The lowest BCUT2D eigenvalue weighted by Gasteiger charge is -2.47. The third kappa shape index (κ3) is 3.49. The number of nitrogens with zero attached hydrogens (tertiary/aromatic N) is 1. The number of hydrogen-bond acceptors (Lipinski definition) is 3. The molecule has 0 unspecified atom stereocenters. The Kier molecular flexibility index (Phi) is 5.06. The molecule has 148 valence electrons. The summed E-state index contributed by atoms with van der Waals surface area (Å²) in [4.78, 5) is 14.5. The second kappa shape index (κ2) is 7.51. The van der Waals surface area contributed by atoms with Crippen LogP contribution in [0.3, 0.4) is 0 Å². The normalized spacial score (nSPS) is 24.4. The quantitative estimate of drug-likeness (QED) is 0.726. The number of amides is 1. The highest BCUT2D eigenvalue weighted by atomic mass is 19.2. The zero-order valence-electron chi connectivity index (χ0n) is 16.0. The van der Waals surface area contributed by atoms with E-state index in [1.807, 2.05) is 32.0 Å². The topological polar surface area (TPSA) is 38.8 Å². The van der Waals surface area contributed by atoms with Crippen LogP contribution in [0.15, 0.2) is 36.4 Å². The van der Waals surface area contributed by atoms with Gasteiger partial charge in [-0.05, 0) is 61.6 Å². The Bertz CT molecular complexity index is 895. The molecule has 0 radical (unpaired) electrons. The molecule has 2 aliphatic heterocycles. The van der Waals surface area contributed by atoms with Gasteiger partial charge >= 0.3 is 0 Å².